The van der Waals surface area contributed by atoms with Gasteiger partial charge in [0.1, 0.15) is 0 Å². The Morgan fingerprint density at radius 2 is 2.12 bits per heavy atom. The molecule has 1 atom stereocenters. The van der Waals surface area contributed by atoms with Gasteiger partial charge in [-0.2, -0.15) is 0 Å². The summed E-state index contributed by atoms with van der Waals surface area (Å²) in [5.74, 6) is 0.979. The largest absolute Gasteiger partial charge is 0.399 e. The molecule has 0 spiro atoms. The summed E-state index contributed by atoms with van der Waals surface area (Å²) in [4.78, 5) is 2.67. The summed E-state index contributed by atoms with van der Waals surface area (Å²) in [6.45, 7) is 4.76. The third-order valence-electron chi connectivity index (χ3n) is 4.25. The fourth-order valence-corrected chi connectivity index (χ4v) is 3.10. The van der Waals surface area contributed by atoms with Crippen LogP contribution in [0.15, 0.2) is 18.2 Å². The number of fused-ring (bicyclic) bond motifs is 1. The highest BCUT2D eigenvalue weighted by Gasteiger charge is 2.31. The van der Waals surface area contributed by atoms with E-state index in [9.17, 15) is 0 Å². The second-order valence-electron chi connectivity index (χ2n) is 5.54. The molecule has 1 unspecified atom stereocenters. The summed E-state index contributed by atoms with van der Waals surface area (Å²) < 4.78 is 0. The lowest BCUT2D eigenvalue weighted by atomic mass is 10.1. The fraction of sp³-hybridized carbons (Fsp3) is 0.600. The van der Waals surface area contributed by atoms with Crippen LogP contribution in [0.4, 0.5) is 5.69 Å². The summed E-state index contributed by atoms with van der Waals surface area (Å²) in [7, 11) is 0. The minimum atomic E-state index is 0.649. The van der Waals surface area contributed by atoms with Gasteiger partial charge in [-0.05, 0) is 61.4 Å². The molecule has 0 heterocycles. The SMILES string of the molecule is CCN(CC1CC1)C1CCc2cc(N)ccc21. The van der Waals surface area contributed by atoms with Crippen LogP contribution in [0.25, 0.3) is 0 Å². The van der Waals surface area contributed by atoms with Gasteiger partial charge in [0, 0.05) is 18.3 Å². The van der Waals surface area contributed by atoms with Crippen LogP contribution in [0.5, 0.6) is 0 Å². The topological polar surface area (TPSA) is 29.3 Å². The van der Waals surface area contributed by atoms with E-state index >= 15 is 0 Å². The van der Waals surface area contributed by atoms with Crippen molar-refractivity contribution in [3.05, 3.63) is 29.3 Å². The summed E-state index contributed by atoms with van der Waals surface area (Å²) in [5, 5.41) is 0. The van der Waals surface area contributed by atoms with Crippen molar-refractivity contribution in [2.75, 3.05) is 18.8 Å². The summed E-state index contributed by atoms with van der Waals surface area (Å²) in [5.41, 5.74) is 9.78. The predicted octanol–water partition coefficient (Wildman–Crippen LogP) is 2.99. The Bertz CT molecular complexity index is 409. The van der Waals surface area contributed by atoms with E-state index in [1.807, 2.05) is 0 Å². The molecule has 3 rings (SSSR count). The standard InChI is InChI=1S/C15H22N2/c1-2-17(10-11-3-4-11)15-8-5-12-9-13(16)6-7-14(12)15/h6-7,9,11,15H,2-5,8,10,16H2,1H3. The van der Waals surface area contributed by atoms with Crippen molar-refractivity contribution in [3.63, 3.8) is 0 Å². The molecule has 2 aliphatic carbocycles. The van der Waals surface area contributed by atoms with Gasteiger partial charge >= 0.3 is 0 Å². The van der Waals surface area contributed by atoms with Gasteiger partial charge in [-0.25, -0.2) is 0 Å². The van der Waals surface area contributed by atoms with Gasteiger partial charge in [-0.1, -0.05) is 13.0 Å². The maximum atomic E-state index is 5.86. The lowest BCUT2D eigenvalue weighted by Gasteiger charge is -2.28. The number of benzene rings is 1. The van der Waals surface area contributed by atoms with Gasteiger partial charge in [0.25, 0.3) is 0 Å². The first kappa shape index (κ1) is 11.1. The Hall–Kier alpha value is -1.02. The number of aryl methyl sites for hydroxylation is 1. The average molecular weight is 230 g/mol. The van der Waals surface area contributed by atoms with Gasteiger partial charge in [-0.15, -0.1) is 0 Å². The summed E-state index contributed by atoms with van der Waals surface area (Å²) in [6.07, 6.45) is 5.36. The number of hydrogen-bond acceptors (Lipinski definition) is 2. The Labute approximate surface area is 104 Å². The molecule has 2 heteroatoms. The Balaban J connectivity index is 1.80. The van der Waals surface area contributed by atoms with Crippen LogP contribution in [0.3, 0.4) is 0 Å². The van der Waals surface area contributed by atoms with E-state index in [2.05, 4.69) is 30.0 Å². The molecule has 2 aliphatic rings. The summed E-state index contributed by atoms with van der Waals surface area (Å²) in [6, 6.07) is 7.12. The second kappa shape index (κ2) is 4.34. The van der Waals surface area contributed by atoms with Crippen LogP contribution in [-0.4, -0.2) is 18.0 Å². The molecule has 0 radical (unpaired) electrons. The van der Waals surface area contributed by atoms with Crippen molar-refractivity contribution in [2.24, 2.45) is 5.92 Å². The van der Waals surface area contributed by atoms with E-state index in [1.165, 1.54) is 49.9 Å². The first-order valence-electron chi connectivity index (χ1n) is 6.90. The quantitative estimate of drug-likeness (QED) is 0.806. The smallest absolute Gasteiger partial charge is 0.0354 e. The molecule has 0 bridgehead atoms. The first-order valence-corrected chi connectivity index (χ1v) is 6.90. The van der Waals surface area contributed by atoms with Gasteiger partial charge in [0.05, 0.1) is 0 Å². The molecular weight excluding hydrogens is 208 g/mol. The van der Waals surface area contributed by atoms with Crippen molar-refractivity contribution >= 4 is 5.69 Å². The van der Waals surface area contributed by atoms with E-state index in [4.69, 9.17) is 5.73 Å². The molecule has 1 aromatic rings. The molecule has 0 amide bonds. The number of anilines is 1. The van der Waals surface area contributed by atoms with E-state index in [1.54, 1.807) is 0 Å². The molecular formula is C15H22N2. The molecule has 0 aliphatic heterocycles. The molecule has 17 heavy (non-hydrogen) atoms. The lowest BCUT2D eigenvalue weighted by molar-refractivity contribution is 0.198. The Morgan fingerprint density at radius 3 is 2.82 bits per heavy atom. The molecule has 1 fully saturated rings. The average Bonchev–Trinajstić information content (AvgIpc) is 3.05. The highest BCUT2D eigenvalue weighted by Crippen LogP contribution is 2.39. The van der Waals surface area contributed by atoms with Gasteiger partial charge in [-0.3, -0.25) is 4.90 Å². The summed E-state index contributed by atoms with van der Waals surface area (Å²) >= 11 is 0. The van der Waals surface area contributed by atoms with E-state index in [0.29, 0.717) is 6.04 Å². The van der Waals surface area contributed by atoms with Crippen LogP contribution < -0.4 is 5.73 Å². The maximum absolute atomic E-state index is 5.86. The van der Waals surface area contributed by atoms with Crippen molar-refractivity contribution < 1.29 is 0 Å². The van der Waals surface area contributed by atoms with E-state index < -0.39 is 0 Å². The molecule has 0 aromatic heterocycles. The van der Waals surface area contributed by atoms with Crippen LogP contribution in [-0.2, 0) is 6.42 Å². The van der Waals surface area contributed by atoms with Crippen molar-refractivity contribution in [1.29, 1.82) is 0 Å². The highest BCUT2D eigenvalue weighted by molar-refractivity contribution is 5.47. The molecule has 2 N–H and O–H groups in total. The van der Waals surface area contributed by atoms with Crippen LogP contribution in [0, 0.1) is 5.92 Å². The van der Waals surface area contributed by atoms with Crippen LogP contribution >= 0.6 is 0 Å². The Morgan fingerprint density at radius 1 is 1.29 bits per heavy atom. The molecule has 1 saturated carbocycles. The predicted molar refractivity (Wildman–Crippen MR) is 71.9 cm³/mol. The van der Waals surface area contributed by atoms with Crippen molar-refractivity contribution in [3.8, 4) is 0 Å². The maximum Gasteiger partial charge on any atom is 0.0354 e. The van der Waals surface area contributed by atoms with Gasteiger partial charge < -0.3 is 5.73 Å². The number of hydrogen-bond donors (Lipinski definition) is 1. The third kappa shape index (κ3) is 2.19. The zero-order valence-corrected chi connectivity index (χ0v) is 10.7. The van der Waals surface area contributed by atoms with Crippen LogP contribution in [0.1, 0.15) is 43.4 Å². The number of nitrogen functional groups attached to an aromatic ring is 1. The number of nitrogens with zero attached hydrogens (tertiary/aromatic N) is 1. The fourth-order valence-electron chi connectivity index (χ4n) is 3.10. The van der Waals surface area contributed by atoms with Crippen molar-refractivity contribution in [2.45, 2.75) is 38.6 Å². The lowest BCUT2D eigenvalue weighted by Crippen LogP contribution is -2.29. The minimum Gasteiger partial charge on any atom is -0.399 e. The van der Waals surface area contributed by atoms with E-state index in [0.717, 1.165) is 11.6 Å². The van der Waals surface area contributed by atoms with E-state index in [-0.39, 0.29) is 0 Å². The van der Waals surface area contributed by atoms with Gasteiger partial charge in [0.2, 0.25) is 0 Å². The van der Waals surface area contributed by atoms with Crippen molar-refractivity contribution in [1.82, 2.24) is 4.90 Å². The monoisotopic (exact) mass is 230 g/mol. The molecule has 1 aromatic carbocycles. The zero-order valence-electron chi connectivity index (χ0n) is 10.7. The minimum absolute atomic E-state index is 0.649. The molecule has 92 valence electrons. The van der Waals surface area contributed by atoms with Crippen LogP contribution in [0.2, 0.25) is 0 Å². The number of rotatable bonds is 4. The molecule has 2 nitrogen and oxygen atoms in total. The number of nitrogens with two attached hydrogens (primary N) is 1. The molecule has 0 saturated heterocycles. The van der Waals surface area contributed by atoms with Gasteiger partial charge in [0.15, 0.2) is 0 Å². The first-order chi connectivity index (χ1) is 8.28. The normalized spacial score (nSPS) is 23.1. The zero-order chi connectivity index (χ0) is 11.8. The third-order valence-corrected chi connectivity index (χ3v) is 4.25. The Kier molecular flexibility index (Phi) is 2.83. The highest BCUT2D eigenvalue weighted by atomic mass is 15.2. The second-order valence-corrected chi connectivity index (χ2v) is 5.54.